The van der Waals surface area contributed by atoms with Gasteiger partial charge in [0.2, 0.25) is 11.8 Å². The number of amides is 2. The molecule has 4 N–H and O–H groups in total. The number of nitrogens with one attached hydrogen (secondary N) is 1. The Morgan fingerprint density at radius 1 is 0.676 bits per heavy atom. The van der Waals surface area contributed by atoms with E-state index >= 15 is 0 Å². The van der Waals surface area contributed by atoms with E-state index in [0.29, 0.717) is 64.2 Å². The molecule has 13 heteroatoms. The second-order valence-corrected chi connectivity index (χ2v) is 9.24. The lowest BCUT2D eigenvalue weighted by molar-refractivity contribution is -0.141. The zero-order chi connectivity index (χ0) is 27.8. The summed E-state index contributed by atoms with van der Waals surface area (Å²) in [6.45, 7) is 7.37. The van der Waals surface area contributed by atoms with Gasteiger partial charge in [-0.25, -0.2) is 0 Å². The van der Waals surface area contributed by atoms with E-state index in [2.05, 4.69) is 11.9 Å². The van der Waals surface area contributed by atoms with Gasteiger partial charge in [0.05, 0.1) is 19.6 Å². The average Bonchev–Trinajstić information content (AvgIpc) is 2.79. The highest BCUT2D eigenvalue weighted by Crippen LogP contribution is 2.06. The summed E-state index contributed by atoms with van der Waals surface area (Å²) in [4.78, 5) is 65.1. The van der Waals surface area contributed by atoms with Crippen molar-refractivity contribution < 1.29 is 39.3 Å². The molecule has 0 aromatic carbocycles. The maximum absolute atomic E-state index is 13.0. The summed E-state index contributed by atoms with van der Waals surface area (Å²) >= 11 is 0. The molecule has 1 heterocycles. The van der Waals surface area contributed by atoms with Crippen LogP contribution in [0, 0.1) is 0 Å². The zero-order valence-electron chi connectivity index (χ0n) is 21.7. The van der Waals surface area contributed by atoms with Gasteiger partial charge in [0.15, 0.2) is 0 Å². The second kappa shape index (κ2) is 17.4. The number of hydrogen-bond acceptors (Lipinski definition) is 8. The topological polar surface area (TPSA) is 171 Å². The van der Waals surface area contributed by atoms with Crippen LogP contribution in [-0.4, -0.2) is 143 Å². The highest BCUT2D eigenvalue weighted by molar-refractivity contribution is 5.92. The van der Waals surface area contributed by atoms with Crippen LogP contribution in [0.3, 0.4) is 0 Å². The molecule has 1 saturated heterocycles. The van der Waals surface area contributed by atoms with Gasteiger partial charge in [0.25, 0.3) is 0 Å². The van der Waals surface area contributed by atoms with Crippen molar-refractivity contribution >= 4 is 29.7 Å². The number of hydrogen-bond donors (Lipinski definition) is 4. The summed E-state index contributed by atoms with van der Waals surface area (Å²) < 4.78 is 0. The Labute approximate surface area is 217 Å². The molecule has 1 rings (SSSR count). The van der Waals surface area contributed by atoms with Crippen LogP contribution in [0.25, 0.3) is 0 Å². The van der Waals surface area contributed by atoms with Gasteiger partial charge in [0.1, 0.15) is 0 Å². The van der Waals surface area contributed by atoms with Crippen molar-refractivity contribution in [2.24, 2.45) is 0 Å². The quantitative estimate of drug-likeness (QED) is 0.175. The Balaban J connectivity index is 2.79. The van der Waals surface area contributed by atoms with Crippen molar-refractivity contribution in [3.8, 4) is 0 Å². The number of carboxylic acids is 3. The Morgan fingerprint density at radius 2 is 1.08 bits per heavy atom. The minimum absolute atomic E-state index is 0.0962. The SMILES string of the molecule is C=C(C)C(=O)NCCCCCC(=O)N1CCN(CC(=O)O)CCN(CC(=O)O)CCN(CC(=O)O)CC1. The smallest absolute Gasteiger partial charge is 0.317 e. The maximum atomic E-state index is 13.0. The largest absolute Gasteiger partial charge is 0.480 e. The Kier molecular flexibility index (Phi) is 15.1. The fourth-order valence-electron chi connectivity index (χ4n) is 3.92. The van der Waals surface area contributed by atoms with Crippen LogP contribution in [-0.2, 0) is 24.0 Å². The summed E-state index contributed by atoms with van der Waals surface area (Å²) in [6.07, 6.45) is 2.38. The molecular formula is C24H41N5O8. The van der Waals surface area contributed by atoms with E-state index in [4.69, 9.17) is 0 Å². The number of unbranched alkanes of at least 4 members (excludes halogenated alkanes) is 2. The Bertz CT molecular complexity index is 774. The highest BCUT2D eigenvalue weighted by Gasteiger charge is 2.21. The number of nitrogens with zero attached hydrogens (tertiary/aromatic N) is 4. The summed E-state index contributed by atoms with van der Waals surface area (Å²) in [5, 5.41) is 30.5. The molecule has 210 valence electrons. The fraction of sp³-hybridized carbons (Fsp3) is 0.708. The molecular weight excluding hydrogens is 486 g/mol. The van der Waals surface area contributed by atoms with Crippen molar-refractivity contribution in [3.63, 3.8) is 0 Å². The second-order valence-electron chi connectivity index (χ2n) is 9.24. The van der Waals surface area contributed by atoms with Gasteiger partial charge in [-0.1, -0.05) is 13.0 Å². The van der Waals surface area contributed by atoms with Gasteiger partial charge in [-0.3, -0.25) is 38.7 Å². The van der Waals surface area contributed by atoms with Crippen LogP contribution in [0.1, 0.15) is 32.6 Å². The van der Waals surface area contributed by atoms with E-state index in [1.165, 1.54) is 0 Å². The molecule has 37 heavy (non-hydrogen) atoms. The normalized spacial score (nSPS) is 16.8. The molecule has 0 atom stereocenters. The molecule has 2 amide bonds. The first-order valence-corrected chi connectivity index (χ1v) is 12.5. The first-order valence-electron chi connectivity index (χ1n) is 12.5. The maximum Gasteiger partial charge on any atom is 0.317 e. The standard InChI is InChI=1S/C24H41N5O8/c1-19(2)24(37)25-7-5-3-4-6-20(30)29-14-12-27(17-22(33)34)10-8-26(16-21(31)32)9-11-28(13-15-29)18-23(35)36/h1,3-18H2,2H3,(H,25,37)(H,31,32)(H,33,34)(H,35,36). The zero-order valence-corrected chi connectivity index (χ0v) is 21.7. The number of carbonyl (C=O) groups excluding carboxylic acids is 2. The third-order valence-electron chi connectivity index (χ3n) is 6.01. The van der Waals surface area contributed by atoms with Crippen molar-refractivity contribution in [1.82, 2.24) is 24.9 Å². The molecule has 0 spiro atoms. The molecule has 1 aliphatic rings. The predicted molar refractivity (Wildman–Crippen MR) is 135 cm³/mol. The van der Waals surface area contributed by atoms with E-state index in [9.17, 15) is 39.3 Å². The molecule has 0 bridgehead atoms. The lowest BCUT2D eigenvalue weighted by atomic mass is 10.1. The first kappa shape index (κ1) is 32.0. The molecule has 0 unspecified atom stereocenters. The van der Waals surface area contributed by atoms with Crippen molar-refractivity contribution in [3.05, 3.63) is 12.2 Å². The van der Waals surface area contributed by atoms with Gasteiger partial charge < -0.3 is 25.5 Å². The number of rotatable bonds is 13. The minimum atomic E-state index is -1.02. The summed E-state index contributed by atoms with van der Waals surface area (Å²) in [7, 11) is 0. The minimum Gasteiger partial charge on any atom is -0.480 e. The Morgan fingerprint density at radius 3 is 1.46 bits per heavy atom. The van der Waals surface area contributed by atoms with E-state index in [1.807, 2.05) is 0 Å². The molecule has 0 aromatic heterocycles. The fourth-order valence-corrected chi connectivity index (χ4v) is 3.92. The molecule has 1 fully saturated rings. The van der Waals surface area contributed by atoms with Crippen LogP contribution in [0.5, 0.6) is 0 Å². The lowest BCUT2D eigenvalue weighted by Crippen LogP contribution is -2.49. The van der Waals surface area contributed by atoms with E-state index in [1.54, 1.807) is 26.5 Å². The molecule has 0 radical (unpaired) electrons. The van der Waals surface area contributed by atoms with Gasteiger partial charge in [0, 0.05) is 70.9 Å². The van der Waals surface area contributed by atoms with Crippen molar-refractivity contribution in [2.75, 3.05) is 78.5 Å². The molecule has 0 aromatic rings. The number of carbonyl (C=O) groups is 5. The van der Waals surface area contributed by atoms with Gasteiger partial charge in [-0.15, -0.1) is 0 Å². The van der Waals surface area contributed by atoms with E-state index in [-0.39, 0.29) is 44.5 Å². The number of aliphatic carboxylic acids is 3. The average molecular weight is 528 g/mol. The van der Waals surface area contributed by atoms with Crippen LogP contribution in [0.15, 0.2) is 12.2 Å². The molecule has 0 saturated carbocycles. The van der Waals surface area contributed by atoms with Gasteiger partial charge in [-0.05, 0) is 19.8 Å². The van der Waals surface area contributed by atoms with Crippen LogP contribution < -0.4 is 5.32 Å². The van der Waals surface area contributed by atoms with Crippen LogP contribution in [0.4, 0.5) is 0 Å². The lowest BCUT2D eigenvalue weighted by Gasteiger charge is -2.33. The van der Waals surface area contributed by atoms with Crippen molar-refractivity contribution in [1.29, 1.82) is 0 Å². The number of carboxylic acid groups (broad SMARTS) is 3. The van der Waals surface area contributed by atoms with E-state index in [0.717, 1.165) is 12.8 Å². The summed E-state index contributed by atoms with van der Waals surface area (Å²) in [5.74, 6) is -3.33. The summed E-state index contributed by atoms with van der Waals surface area (Å²) in [6, 6.07) is 0. The third-order valence-corrected chi connectivity index (χ3v) is 6.01. The molecule has 1 aliphatic heterocycles. The predicted octanol–water partition coefficient (Wildman–Crippen LogP) is -0.759. The highest BCUT2D eigenvalue weighted by atomic mass is 16.4. The van der Waals surface area contributed by atoms with Crippen LogP contribution in [0.2, 0.25) is 0 Å². The summed E-state index contributed by atoms with van der Waals surface area (Å²) in [5.41, 5.74) is 0.439. The van der Waals surface area contributed by atoms with Crippen LogP contribution >= 0.6 is 0 Å². The first-order chi connectivity index (χ1) is 17.5. The molecule has 13 nitrogen and oxygen atoms in total. The Hall–Kier alpha value is -3.03. The van der Waals surface area contributed by atoms with E-state index < -0.39 is 17.9 Å². The monoisotopic (exact) mass is 527 g/mol. The van der Waals surface area contributed by atoms with Gasteiger partial charge >= 0.3 is 17.9 Å². The van der Waals surface area contributed by atoms with Gasteiger partial charge in [-0.2, -0.15) is 0 Å². The molecule has 0 aliphatic carbocycles. The third kappa shape index (κ3) is 15.0. The van der Waals surface area contributed by atoms with Crippen molar-refractivity contribution in [2.45, 2.75) is 32.6 Å².